The molecule has 4 amide bonds. The van der Waals surface area contributed by atoms with Gasteiger partial charge in [-0.1, -0.05) is 32.0 Å². The topological polar surface area (TPSA) is 216 Å². The Kier molecular flexibility index (Phi) is 6.89. The van der Waals surface area contributed by atoms with E-state index in [2.05, 4.69) is 10.6 Å². The average Bonchev–Trinajstić information content (AvgIpc) is 2.92. The fraction of sp³-hybridized carbons (Fsp3) is 0.300. The number of fused-ring (bicyclic) bond motifs is 3. The van der Waals surface area contributed by atoms with Crippen molar-refractivity contribution in [2.75, 3.05) is 5.32 Å². The molecule has 0 unspecified atom stereocenters. The zero-order valence-corrected chi connectivity index (χ0v) is 22.7. The van der Waals surface area contributed by atoms with Gasteiger partial charge in [0.1, 0.15) is 22.8 Å². The van der Waals surface area contributed by atoms with Gasteiger partial charge in [0.15, 0.2) is 11.4 Å². The van der Waals surface area contributed by atoms with Gasteiger partial charge in [0.2, 0.25) is 5.78 Å². The van der Waals surface area contributed by atoms with Gasteiger partial charge in [-0.05, 0) is 54.0 Å². The predicted octanol–water partition coefficient (Wildman–Crippen LogP) is 2.51. The SMILES string of the molecule is CC(C)c1cc(NC(=O)NC(=O)c2ccccc2)c(O)c2c1C[C@H]1C[C@H]3CC(=O)C(C(N)=O)=C(O)[C@@]3(O)C(=O)C1=C2O. The maximum absolute atomic E-state index is 13.7. The standard InChI is InChI=1S/C30H29N3O9/c1-12(2)16-11-18(32-29(41)33-28(40)13-6-4-3-5-7-13)23(35)21-17(16)9-14-8-15-10-19(34)22(27(31)39)26(38)30(15,42)25(37)20(14)24(21)36/h3-7,11-12,14-15,35-36,38,42H,8-10H2,1-2H3,(H2,31,39)(H2,32,33,40,41)/t14-,15+,30+/m1/s1. The number of nitrogens with two attached hydrogens (primary N) is 1. The van der Waals surface area contributed by atoms with E-state index >= 15 is 0 Å². The molecule has 0 saturated heterocycles. The van der Waals surface area contributed by atoms with Crippen molar-refractivity contribution >= 4 is 40.9 Å². The monoisotopic (exact) mass is 575 g/mol. The highest BCUT2D eigenvalue weighted by Crippen LogP contribution is 2.53. The second kappa shape index (κ2) is 10.1. The molecule has 1 saturated carbocycles. The minimum absolute atomic E-state index is 0.00518. The van der Waals surface area contributed by atoms with Gasteiger partial charge in [-0.3, -0.25) is 24.5 Å². The number of imide groups is 1. The van der Waals surface area contributed by atoms with Crippen LogP contribution in [0.2, 0.25) is 0 Å². The van der Waals surface area contributed by atoms with Crippen molar-refractivity contribution in [3.05, 3.63) is 75.6 Å². The van der Waals surface area contributed by atoms with Crippen LogP contribution in [0.3, 0.4) is 0 Å². The van der Waals surface area contributed by atoms with E-state index in [1.807, 2.05) is 13.8 Å². The molecule has 0 aliphatic heterocycles. The minimum atomic E-state index is -2.68. The number of phenols is 1. The Labute approximate surface area is 239 Å². The van der Waals surface area contributed by atoms with Crippen LogP contribution in [0.1, 0.15) is 59.7 Å². The number of carbonyl (C=O) groups is 5. The van der Waals surface area contributed by atoms with Gasteiger partial charge in [-0.25, -0.2) is 4.79 Å². The van der Waals surface area contributed by atoms with E-state index in [0.29, 0.717) is 11.1 Å². The summed E-state index contributed by atoms with van der Waals surface area (Å²) in [5.74, 6) is -8.27. The van der Waals surface area contributed by atoms with Crippen molar-refractivity contribution in [1.29, 1.82) is 0 Å². The molecule has 12 heteroatoms. The number of anilines is 1. The number of phenolic OH excluding ortho intramolecular Hbond substituents is 1. The van der Waals surface area contributed by atoms with Crippen LogP contribution in [0.5, 0.6) is 5.75 Å². The van der Waals surface area contributed by atoms with Gasteiger partial charge in [0.25, 0.3) is 11.8 Å². The molecule has 42 heavy (non-hydrogen) atoms. The van der Waals surface area contributed by atoms with Gasteiger partial charge in [0, 0.05) is 23.5 Å². The molecule has 0 aromatic heterocycles. The maximum atomic E-state index is 13.7. The lowest BCUT2D eigenvalue weighted by molar-refractivity contribution is -0.147. The first-order chi connectivity index (χ1) is 19.8. The number of rotatable bonds is 4. The van der Waals surface area contributed by atoms with Crippen molar-refractivity contribution in [2.45, 2.75) is 44.6 Å². The molecule has 8 N–H and O–H groups in total. The molecular weight excluding hydrogens is 546 g/mol. The van der Waals surface area contributed by atoms with Crippen molar-refractivity contribution < 1.29 is 44.4 Å². The van der Waals surface area contributed by atoms with E-state index < -0.39 is 76.1 Å². The van der Waals surface area contributed by atoms with Crippen LogP contribution < -0.4 is 16.4 Å². The molecule has 2 aromatic rings. The molecule has 3 aliphatic rings. The molecule has 5 rings (SSSR count). The highest BCUT2D eigenvalue weighted by Gasteiger charge is 2.60. The van der Waals surface area contributed by atoms with E-state index in [1.54, 1.807) is 18.2 Å². The zero-order chi connectivity index (χ0) is 30.7. The van der Waals surface area contributed by atoms with Gasteiger partial charge in [-0.15, -0.1) is 0 Å². The summed E-state index contributed by atoms with van der Waals surface area (Å²) in [4.78, 5) is 63.2. The number of hydrogen-bond donors (Lipinski definition) is 7. The van der Waals surface area contributed by atoms with Gasteiger partial charge in [-0.2, -0.15) is 0 Å². The van der Waals surface area contributed by atoms with Gasteiger partial charge in [0.05, 0.1) is 11.3 Å². The molecule has 0 radical (unpaired) electrons. The lowest BCUT2D eigenvalue weighted by Gasteiger charge is -2.46. The number of aliphatic hydroxyl groups is 3. The van der Waals surface area contributed by atoms with Crippen LogP contribution in [0.25, 0.3) is 5.76 Å². The summed E-state index contributed by atoms with van der Waals surface area (Å²) in [5, 5.41) is 49.4. The molecule has 12 nitrogen and oxygen atoms in total. The molecule has 3 atom stereocenters. The Morgan fingerprint density at radius 3 is 2.33 bits per heavy atom. The summed E-state index contributed by atoms with van der Waals surface area (Å²) < 4.78 is 0. The van der Waals surface area contributed by atoms with Crippen LogP contribution >= 0.6 is 0 Å². The number of benzene rings is 2. The lowest BCUT2D eigenvalue weighted by Crippen LogP contribution is -2.58. The van der Waals surface area contributed by atoms with Gasteiger partial charge < -0.3 is 31.5 Å². The van der Waals surface area contributed by atoms with E-state index in [1.165, 1.54) is 18.2 Å². The summed E-state index contributed by atoms with van der Waals surface area (Å²) >= 11 is 0. The van der Waals surface area contributed by atoms with Crippen molar-refractivity contribution in [3.63, 3.8) is 0 Å². The zero-order valence-electron chi connectivity index (χ0n) is 22.7. The van der Waals surface area contributed by atoms with E-state index in [4.69, 9.17) is 5.73 Å². The second-order valence-corrected chi connectivity index (χ2v) is 11.1. The first-order valence-corrected chi connectivity index (χ1v) is 13.3. The lowest BCUT2D eigenvalue weighted by atomic mass is 9.59. The quantitative estimate of drug-likeness (QED) is 0.210. The third-order valence-corrected chi connectivity index (χ3v) is 8.23. The fourth-order valence-corrected chi connectivity index (χ4v) is 6.25. The summed E-state index contributed by atoms with van der Waals surface area (Å²) in [6.45, 7) is 3.70. The first-order valence-electron chi connectivity index (χ1n) is 13.3. The summed E-state index contributed by atoms with van der Waals surface area (Å²) in [6.07, 6.45) is -0.274. The highest BCUT2D eigenvalue weighted by molar-refractivity contribution is 6.22. The van der Waals surface area contributed by atoms with Crippen LogP contribution in [0, 0.1) is 11.8 Å². The molecule has 1 fully saturated rings. The third kappa shape index (κ3) is 4.31. The molecular formula is C30H29N3O9. The average molecular weight is 576 g/mol. The van der Waals surface area contributed by atoms with Crippen LogP contribution in [-0.4, -0.2) is 55.4 Å². The Balaban J connectivity index is 1.58. The largest absolute Gasteiger partial charge is 0.508 e. The summed E-state index contributed by atoms with van der Waals surface area (Å²) in [5.41, 5.74) is 2.43. The molecule has 3 aliphatic carbocycles. The second-order valence-electron chi connectivity index (χ2n) is 11.1. The minimum Gasteiger partial charge on any atom is -0.508 e. The Bertz CT molecular complexity index is 1640. The molecule has 0 heterocycles. The third-order valence-electron chi connectivity index (χ3n) is 8.23. The Hall–Kier alpha value is -4.97. The van der Waals surface area contributed by atoms with Crippen molar-refractivity contribution in [2.24, 2.45) is 17.6 Å². The van der Waals surface area contributed by atoms with Crippen LogP contribution in [-0.2, 0) is 20.8 Å². The van der Waals surface area contributed by atoms with E-state index in [9.17, 15) is 44.4 Å². The van der Waals surface area contributed by atoms with Crippen molar-refractivity contribution in [3.8, 4) is 5.75 Å². The van der Waals surface area contributed by atoms with Crippen LogP contribution in [0.15, 0.2) is 53.3 Å². The Morgan fingerprint density at radius 2 is 1.71 bits per heavy atom. The number of nitrogens with one attached hydrogen (secondary N) is 2. The summed E-state index contributed by atoms with van der Waals surface area (Å²) in [6, 6.07) is 8.54. The number of amides is 4. The number of aromatic hydroxyl groups is 1. The Morgan fingerprint density at radius 1 is 1.05 bits per heavy atom. The van der Waals surface area contributed by atoms with E-state index in [-0.39, 0.29) is 41.1 Å². The number of Topliss-reactive ketones (excluding diaryl/α,β-unsaturated/α-hetero) is 2. The fourth-order valence-electron chi connectivity index (χ4n) is 6.25. The predicted molar refractivity (Wildman–Crippen MR) is 148 cm³/mol. The number of carbonyl (C=O) groups excluding carboxylic acids is 5. The number of urea groups is 1. The number of primary amides is 1. The van der Waals surface area contributed by atoms with Crippen LogP contribution in [0.4, 0.5) is 10.5 Å². The number of ketones is 2. The summed E-state index contributed by atoms with van der Waals surface area (Å²) in [7, 11) is 0. The molecule has 218 valence electrons. The van der Waals surface area contributed by atoms with E-state index in [0.717, 1.165) is 0 Å². The normalized spacial score (nSPS) is 23.2. The molecule has 0 spiro atoms. The highest BCUT2D eigenvalue weighted by atomic mass is 16.3. The number of aliphatic hydroxyl groups excluding tert-OH is 2. The molecule has 2 aromatic carbocycles. The molecule has 0 bridgehead atoms. The number of hydrogen-bond acceptors (Lipinski definition) is 9. The van der Waals surface area contributed by atoms with Crippen molar-refractivity contribution in [1.82, 2.24) is 5.32 Å². The van der Waals surface area contributed by atoms with Gasteiger partial charge >= 0.3 is 6.03 Å². The maximum Gasteiger partial charge on any atom is 0.326 e. The smallest absolute Gasteiger partial charge is 0.326 e. The first kappa shape index (κ1) is 28.6.